The minimum absolute atomic E-state index is 0.0958. The van der Waals surface area contributed by atoms with Gasteiger partial charge in [-0.1, -0.05) is 42.5 Å². The molecule has 0 aromatic heterocycles. The van der Waals surface area contributed by atoms with Crippen LogP contribution in [0.1, 0.15) is 64.9 Å². The molecule has 210 valence electrons. The maximum atomic E-state index is 13.2. The van der Waals surface area contributed by atoms with E-state index < -0.39 is 12.3 Å². The van der Waals surface area contributed by atoms with Crippen LogP contribution in [0.3, 0.4) is 0 Å². The van der Waals surface area contributed by atoms with Crippen LogP contribution in [0, 0.1) is 0 Å². The van der Waals surface area contributed by atoms with Gasteiger partial charge in [-0.15, -0.1) is 0 Å². The molecule has 0 bridgehead atoms. The summed E-state index contributed by atoms with van der Waals surface area (Å²) in [6.07, 6.45) is -0.233. The van der Waals surface area contributed by atoms with Gasteiger partial charge in [-0.2, -0.15) is 0 Å². The molecule has 0 radical (unpaired) electrons. The Morgan fingerprint density at radius 1 is 0.878 bits per heavy atom. The van der Waals surface area contributed by atoms with Gasteiger partial charge in [0.25, 0.3) is 23.6 Å². The topological polar surface area (TPSA) is 123 Å². The highest BCUT2D eigenvalue weighted by molar-refractivity contribution is 6.21. The summed E-state index contributed by atoms with van der Waals surface area (Å²) in [4.78, 5) is 52.5. The van der Waals surface area contributed by atoms with Crippen LogP contribution in [0.5, 0.6) is 5.75 Å². The Hall–Kier alpha value is -4.54. The van der Waals surface area contributed by atoms with E-state index in [0.29, 0.717) is 41.0 Å². The first-order valence-electron chi connectivity index (χ1n) is 13.5. The molecule has 4 amide bonds. The van der Waals surface area contributed by atoms with E-state index >= 15 is 0 Å². The summed E-state index contributed by atoms with van der Waals surface area (Å²) in [5.41, 5.74) is 3.26. The molecule has 41 heavy (non-hydrogen) atoms. The van der Waals surface area contributed by atoms with Crippen molar-refractivity contribution in [2.45, 2.75) is 24.7 Å². The predicted octanol–water partition coefficient (Wildman–Crippen LogP) is 2.73. The van der Waals surface area contributed by atoms with Crippen LogP contribution in [0.25, 0.3) is 0 Å². The van der Waals surface area contributed by atoms with Crippen molar-refractivity contribution in [3.8, 4) is 5.75 Å². The van der Waals surface area contributed by atoms with Crippen molar-refractivity contribution in [1.29, 1.82) is 0 Å². The van der Waals surface area contributed by atoms with Gasteiger partial charge in [0.1, 0.15) is 5.75 Å². The van der Waals surface area contributed by atoms with Crippen LogP contribution >= 0.6 is 0 Å². The van der Waals surface area contributed by atoms with E-state index in [4.69, 9.17) is 14.2 Å². The lowest BCUT2D eigenvalue weighted by Gasteiger charge is -2.33. The number of amides is 4. The molecule has 10 nitrogen and oxygen atoms in total. The molecule has 1 saturated heterocycles. The van der Waals surface area contributed by atoms with Gasteiger partial charge in [-0.25, -0.2) is 0 Å². The number of imide groups is 1. The first kappa shape index (κ1) is 26.7. The molecule has 3 aromatic carbocycles. The quantitative estimate of drug-likeness (QED) is 0.430. The summed E-state index contributed by atoms with van der Waals surface area (Å²) in [7, 11) is 1.54. The second-order valence-electron chi connectivity index (χ2n) is 10.1. The van der Waals surface area contributed by atoms with E-state index in [1.165, 1.54) is 11.9 Å². The minimum atomic E-state index is -0.598. The molecule has 2 N–H and O–H groups in total. The molecule has 3 aliphatic rings. The number of fused-ring (bicyclic) bond motifs is 2. The molecule has 6 rings (SSSR count). The van der Waals surface area contributed by atoms with Crippen molar-refractivity contribution in [1.82, 2.24) is 15.5 Å². The van der Waals surface area contributed by atoms with Crippen molar-refractivity contribution in [3.63, 3.8) is 0 Å². The van der Waals surface area contributed by atoms with E-state index in [-0.39, 0.29) is 49.3 Å². The molecule has 3 aliphatic heterocycles. The monoisotopic (exact) mass is 555 g/mol. The lowest BCUT2D eigenvalue weighted by Crippen LogP contribution is -2.50. The second-order valence-corrected chi connectivity index (χ2v) is 10.1. The molecule has 0 spiro atoms. The zero-order chi connectivity index (χ0) is 28.5. The number of rotatable bonds is 7. The van der Waals surface area contributed by atoms with Gasteiger partial charge in [0, 0.05) is 37.1 Å². The van der Waals surface area contributed by atoms with E-state index in [2.05, 4.69) is 10.6 Å². The molecule has 10 heteroatoms. The number of benzene rings is 3. The van der Waals surface area contributed by atoms with Crippen LogP contribution in [0.4, 0.5) is 0 Å². The van der Waals surface area contributed by atoms with Crippen LogP contribution in [0.15, 0.2) is 66.7 Å². The number of nitrogens with one attached hydrogen (secondary N) is 2. The Kier molecular flexibility index (Phi) is 7.25. The van der Waals surface area contributed by atoms with E-state index in [1.807, 2.05) is 30.3 Å². The summed E-state index contributed by atoms with van der Waals surface area (Å²) in [5.74, 6) is -0.969. The van der Waals surface area contributed by atoms with Gasteiger partial charge in [-0.3, -0.25) is 24.1 Å². The highest BCUT2D eigenvalue weighted by Gasteiger charge is 2.41. The van der Waals surface area contributed by atoms with E-state index in [9.17, 15) is 19.2 Å². The fourth-order valence-electron chi connectivity index (χ4n) is 5.52. The number of carbonyl (C=O) groups excluding carboxylic acids is 4. The first-order chi connectivity index (χ1) is 20.0. The van der Waals surface area contributed by atoms with Gasteiger partial charge in [0.15, 0.2) is 6.29 Å². The number of hydrogen-bond donors (Lipinski definition) is 2. The molecule has 0 aliphatic carbocycles. The van der Waals surface area contributed by atoms with Crippen molar-refractivity contribution >= 4 is 23.6 Å². The number of carbonyl (C=O) groups is 4. The van der Waals surface area contributed by atoms with Gasteiger partial charge in [0.2, 0.25) is 0 Å². The Labute approximate surface area is 236 Å². The molecular formula is C31H29N3O7. The van der Waals surface area contributed by atoms with Gasteiger partial charge < -0.3 is 24.8 Å². The Balaban J connectivity index is 1.07. The summed E-state index contributed by atoms with van der Waals surface area (Å²) < 4.78 is 17.5. The van der Waals surface area contributed by atoms with Crippen molar-refractivity contribution < 1.29 is 33.4 Å². The van der Waals surface area contributed by atoms with E-state index in [0.717, 1.165) is 11.1 Å². The summed E-state index contributed by atoms with van der Waals surface area (Å²) >= 11 is 0. The van der Waals surface area contributed by atoms with Crippen LogP contribution in [0.2, 0.25) is 0 Å². The number of nitrogens with zero attached hydrogens (tertiary/aromatic N) is 1. The van der Waals surface area contributed by atoms with Gasteiger partial charge in [0.05, 0.1) is 42.6 Å². The average Bonchev–Trinajstić information content (AvgIpc) is 3.55. The third kappa shape index (κ3) is 4.96. The predicted molar refractivity (Wildman–Crippen MR) is 147 cm³/mol. The average molecular weight is 556 g/mol. The summed E-state index contributed by atoms with van der Waals surface area (Å²) in [5, 5.41) is 5.50. The zero-order valence-corrected chi connectivity index (χ0v) is 22.4. The highest BCUT2D eigenvalue weighted by atomic mass is 16.7. The fraction of sp³-hybridized carbons (Fsp3) is 0.290. The van der Waals surface area contributed by atoms with Crippen LogP contribution in [-0.2, 0) is 9.47 Å². The van der Waals surface area contributed by atoms with Crippen LogP contribution in [-0.4, -0.2) is 74.3 Å². The highest BCUT2D eigenvalue weighted by Crippen LogP contribution is 2.41. The normalized spacial score (nSPS) is 21.2. The smallest absolute Gasteiger partial charge is 0.261 e. The van der Waals surface area contributed by atoms with Gasteiger partial charge >= 0.3 is 0 Å². The first-order valence-corrected chi connectivity index (χ1v) is 13.5. The third-order valence-corrected chi connectivity index (χ3v) is 7.63. The molecule has 0 unspecified atom stereocenters. The van der Waals surface area contributed by atoms with Crippen molar-refractivity contribution in [3.05, 3.63) is 100 Å². The fourth-order valence-corrected chi connectivity index (χ4v) is 5.52. The number of hydrogen-bond acceptors (Lipinski definition) is 7. The minimum Gasteiger partial charge on any atom is -0.491 e. The molecule has 3 heterocycles. The van der Waals surface area contributed by atoms with Crippen molar-refractivity contribution in [2.24, 2.45) is 0 Å². The lowest BCUT2D eigenvalue weighted by atomic mass is 9.90. The Morgan fingerprint density at radius 3 is 2.20 bits per heavy atom. The molecule has 3 aromatic rings. The maximum absolute atomic E-state index is 13.2. The lowest BCUT2D eigenvalue weighted by molar-refractivity contribution is -0.198. The zero-order valence-electron chi connectivity index (χ0n) is 22.4. The van der Waals surface area contributed by atoms with E-state index in [1.54, 1.807) is 36.4 Å². The summed E-state index contributed by atoms with van der Waals surface area (Å²) in [6, 6.07) is 19.3. The van der Waals surface area contributed by atoms with Crippen LogP contribution < -0.4 is 15.4 Å². The SMILES string of the molecule is CNC(=O)c1cc(C(=O)NCC[C@H]2OC[C@H](N3C(=O)c4ccccc4C3=O)CO2)cc2c1OC[C@H]2c1ccccc1. The second kappa shape index (κ2) is 11.1. The molecular weight excluding hydrogens is 526 g/mol. The standard InChI is InChI=1S/C31H29N3O7/c1-32-29(36)24-14-19(13-23-25(17-41-27(23)24)18-7-3-2-4-8-18)28(35)33-12-11-26-39-15-20(16-40-26)34-30(37)21-9-5-6-10-22(21)31(34)38/h2-10,13-14,20,25-26H,11-12,15-17H2,1H3,(H,32,36)(H,33,35)/t20-,25-,26-/m0/s1. The Bertz CT molecular complexity index is 1480. The third-order valence-electron chi connectivity index (χ3n) is 7.63. The Morgan fingerprint density at radius 2 is 1.54 bits per heavy atom. The van der Waals surface area contributed by atoms with Gasteiger partial charge in [-0.05, 0) is 29.8 Å². The molecule has 0 saturated carbocycles. The largest absolute Gasteiger partial charge is 0.491 e. The van der Waals surface area contributed by atoms with Crippen molar-refractivity contribution in [2.75, 3.05) is 33.4 Å². The molecule has 1 fully saturated rings. The maximum Gasteiger partial charge on any atom is 0.261 e. The summed E-state index contributed by atoms with van der Waals surface area (Å²) in [6.45, 7) is 0.926. The molecule has 1 atom stereocenters. The number of ether oxygens (including phenoxy) is 3.